The maximum atomic E-state index is 12.7. The van der Waals surface area contributed by atoms with Gasteiger partial charge in [0.05, 0.1) is 5.56 Å². The molecule has 0 saturated carbocycles. The van der Waals surface area contributed by atoms with Crippen molar-refractivity contribution >= 4 is 11.6 Å². The summed E-state index contributed by atoms with van der Waals surface area (Å²) in [6.07, 6.45) is -3.12. The number of benzene rings is 1. The first-order chi connectivity index (χ1) is 7.36. The Balaban J connectivity index is 3.14. The minimum atomic E-state index is -4.33. The van der Waals surface area contributed by atoms with Crippen LogP contribution in [0.15, 0.2) is 18.2 Å². The molecule has 0 amide bonds. The fraction of sp³-hybridized carbons (Fsp3) is 0.500. The highest BCUT2D eigenvalue weighted by atomic mass is 35.5. The summed E-state index contributed by atoms with van der Waals surface area (Å²) in [4.78, 5) is 0. The minimum absolute atomic E-state index is 0.195. The van der Waals surface area contributed by atoms with Gasteiger partial charge in [-0.1, -0.05) is 37.9 Å². The molecule has 90 valence electrons. The standard InChI is InChI=1S/C12H14ClF3/c1-3-8(2)7-9-10(12(14,15)16)5-4-6-11(9)13/h4-6,8H,3,7H2,1-2H3. The predicted octanol–water partition coefficient (Wildman–Crippen LogP) is 4.95. The van der Waals surface area contributed by atoms with Gasteiger partial charge in [-0.25, -0.2) is 0 Å². The fourth-order valence-corrected chi connectivity index (χ4v) is 1.78. The van der Waals surface area contributed by atoms with E-state index in [0.717, 1.165) is 12.5 Å². The van der Waals surface area contributed by atoms with E-state index in [1.165, 1.54) is 12.1 Å². The third kappa shape index (κ3) is 3.14. The van der Waals surface area contributed by atoms with Crippen LogP contribution in [0, 0.1) is 5.92 Å². The lowest BCUT2D eigenvalue weighted by Crippen LogP contribution is -2.11. The van der Waals surface area contributed by atoms with E-state index in [0.29, 0.717) is 6.42 Å². The van der Waals surface area contributed by atoms with Crippen LogP contribution in [-0.2, 0) is 12.6 Å². The van der Waals surface area contributed by atoms with Crippen molar-refractivity contribution in [2.24, 2.45) is 5.92 Å². The van der Waals surface area contributed by atoms with Gasteiger partial charge in [0, 0.05) is 5.02 Å². The highest BCUT2D eigenvalue weighted by molar-refractivity contribution is 6.31. The summed E-state index contributed by atoms with van der Waals surface area (Å²) in [7, 11) is 0. The molecule has 0 aliphatic carbocycles. The monoisotopic (exact) mass is 250 g/mol. The number of hydrogen-bond donors (Lipinski definition) is 0. The molecule has 0 saturated heterocycles. The molecule has 1 aromatic carbocycles. The predicted molar refractivity (Wildman–Crippen MR) is 59.6 cm³/mol. The van der Waals surface area contributed by atoms with Gasteiger partial charge >= 0.3 is 6.18 Å². The molecule has 1 aromatic rings. The molecule has 16 heavy (non-hydrogen) atoms. The number of alkyl halides is 3. The smallest absolute Gasteiger partial charge is 0.166 e. The van der Waals surface area contributed by atoms with E-state index in [4.69, 9.17) is 11.6 Å². The Morgan fingerprint density at radius 3 is 2.44 bits per heavy atom. The summed E-state index contributed by atoms with van der Waals surface area (Å²) < 4.78 is 38.2. The van der Waals surface area contributed by atoms with E-state index < -0.39 is 11.7 Å². The number of rotatable bonds is 3. The first-order valence-corrected chi connectivity index (χ1v) is 5.58. The Morgan fingerprint density at radius 2 is 1.94 bits per heavy atom. The average molecular weight is 251 g/mol. The summed E-state index contributed by atoms with van der Waals surface area (Å²) in [5.74, 6) is 0.195. The molecule has 1 atom stereocenters. The van der Waals surface area contributed by atoms with Crippen molar-refractivity contribution in [3.05, 3.63) is 34.3 Å². The first-order valence-electron chi connectivity index (χ1n) is 5.20. The van der Waals surface area contributed by atoms with Crippen LogP contribution >= 0.6 is 11.6 Å². The van der Waals surface area contributed by atoms with E-state index in [9.17, 15) is 13.2 Å². The maximum Gasteiger partial charge on any atom is 0.416 e. The van der Waals surface area contributed by atoms with E-state index in [1.54, 1.807) is 0 Å². The second-order valence-electron chi connectivity index (χ2n) is 3.98. The van der Waals surface area contributed by atoms with Crippen LogP contribution < -0.4 is 0 Å². The molecule has 1 unspecified atom stereocenters. The van der Waals surface area contributed by atoms with Gasteiger partial charge in [-0.2, -0.15) is 13.2 Å². The minimum Gasteiger partial charge on any atom is -0.166 e. The fourth-order valence-electron chi connectivity index (χ4n) is 1.52. The topological polar surface area (TPSA) is 0 Å². The summed E-state index contributed by atoms with van der Waals surface area (Å²) in [6, 6.07) is 3.93. The van der Waals surface area contributed by atoms with Gasteiger partial charge in [0.1, 0.15) is 0 Å². The third-order valence-electron chi connectivity index (χ3n) is 2.67. The molecule has 0 aliphatic heterocycles. The zero-order valence-corrected chi connectivity index (χ0v) is 9.99. The lowest BCUT2D eigenvalue weighted by molar-refractivity contribution is -0.138. The Morgan fingerprint density at radius 1 is 1.31 bits per heavy atom. The Kier molecular flexibility index (Phi) is 4.25. The van der Waals surface area contributed by atoms with Gasteiger partial charge in [-0.05, 0) is 30.0 Å². The van der Waals surface area contributed by atoms with Crippen LogP contribution in [0.25, 0.3) is 0 Å². The van der Waals surface area contributed by atoms with E-state index in [1.807, 2.05) is 13.8 Å². The van der Waals surface area contributed by atoms with Crippen LogP contribution in [0.3, 0.4) is 0 Å². The normalized spacial score (nSPS) is 13.9. The van der Waals surface area contributed by atoms with Crippen molar-refractivity contribution in [3.63, 3.8) is 0 Å². The molecule has 0 aromatic heterocycles. The highest BCUT2D eigenvalue weighted by Crippen LogP contribution is 2.36. The summed E-state index contributed by atoms with van der Waals surface area (Å²) >= 11 is 5.84. The molecule has 0 N–H and O–H groups in total. The third-order valence-corrected chi connectivity index (χ3v) is 3.03. The van der Waals surface area contributed by atoms with Gasteiger partial charge in [0.15, 0.2) is 0 Å². The van der Waals surface area contributed by atoms with E-state index in [2.05, 4.69) is 0 Å². The summed E-state index contributed by atoms with van der Waals surface area (Å²) in [5.41, 5.74) is -0.397. The molecule has 0 radical (unpaired) electrons. The largest absolute Gasteiger partial charge is 0.416 e. The van der Waals surface area contributed by atoms with Gasteiger partial charge in [0.2, 0.25) is 0 Å². The molecule has 0 nitrogen and oxygen atoms in total. The summed E-state index contributed by atoms with van der Waals surface area (Å²) in [6.45, 7) is 3.87. The Bertz CT molecular complexity index is 358. The van der Waals surface area contributed by atoms with E-state index in [-0.39, 0.29) is 16.5 Å². The van der Waals surface area contributed by atoms with Crippen molar-refractivity contribution in [1.29, 1.82) is 0 Å². The maximum absolute atomic E-state index is 12.7. The van der Waals surface area contributed by atoms with Gasteiger partial charge in [0.25, 0.3) is 0 Å². The quantitative estimate of drug-likeness (QED) is 0.712. The Hall–Kier alpha value is -0.700. The molecular formula is C12H14ClF3. The zero-order chi connectivity index (χ0) is 12.3. The number of hydrogen-bond acceptors (Lipinski definition) is 0. The lowest BCUT2D eigenvalue weighted by Gasteiger charge is -2.16. The van der Waals surface area contributed by atoms with Crippen molar-refractivity contribution < 1.29 is 13.2 Å². The first kappa shape index (κ1) is 13.4. The molecule has 0 spiro atoms. The van der Waals surface area contributed by atoms with Gasteiger partial charge in [-0.3, -0.25) is 0 Å². The molecule has 1 rings (SSSR count). The lowest BCUT2D eigenvalue weighted by atomic mass is 9.95. The van der Waals surface area contributed by atoms with Crippen molar-refractivity contribution in [2.75, 3.05) is 0 Å². The van der Waals surface area contributed by atoms with Crippen LogP contribution in [0.2, 0.25) is 5.02 Å². The van der Waals surface area contributed by atoms with Gasteiger partial charge < -0.3 is 0 Å². The molecule has 0 fully saturated rings. The van der Waals surface area contributed by atoms with Crippen LogP contribution in [-0.4, -0.2) is 0 Å². The zero-order valence-electron chi connectivity index (χ0n) is 9.24. The van der Waals surface area contributed by atoms with Crippen molar-refractivity contribution in [1.82, 2.24) is 0 Å². The summed E-state index contributed by atoms with van der Waals surface area (Å²) in [5, 5.41) is 0.204. The highest BCUT2D eigenvalue weighted by Gasteiger charge is 2.34. The van der Waals surface area contributed by atoms with Crippen LogP contribution in [0.1, 0.15) is 31.4 Å². The number of halogens is 4. The second-order valence-corrected chi connectivity index (χ2v) is 4.39. The Labute approximate surface area is 98.4 Å². The molecule has 0 bridgehead atoms. The van der Waals surface area contributed by atoms with Crippen molar-refractivity contribution in [2.45, 2.75) is 32.9 Å². The van der Waals surface area contributed by atoms with E-state index >= 15 is 0 Å². The molecule has 0 aliphatic rings. The second kappa shape index (κ2) is 5.09. The SMILES string of the molecule is CCC(C)Cc1c(Cl)cccc1C(F)(F)F. The van der Waals surface area contributed by atoms with Crippen molar-refractivity contribution in [3.8, 4) is 0 Å². The average Bonchev–Trinajstić information content (AvgIpc) is 2.19. The van der Waals surface area contributed by atoms with Gasteiger partial charge in [-0.15, -0.1) is 0 Å². The van der Waals surface area contributed by atoms with Crippen LogP contribution in [0.4, 0.5) is 13.2 Å². The molecule has 0 heterocycles. The van der Waals surface area contributed by atoms with Crippen LogP contribution in [0.5, 0.6) is 0 Å². The molecular weight excluding hydrogens is 237 g/mol. The molecule has 4 heteroatoms.